The number of para-hydroxylation sites is 2. The number of benzene rings is 2. The van der Waals surface area contributed by atoms with Crippen LogP contribution in [0, 0.1) is 0 Å². The molecule has 0 amide bonds. The third kappa shape index (κ3) is 8.86. The zero-order chi connectivity index (χ0) is 21.5. The van der Waals surface area contributed by atoms with Gasteiger partial charge in [0.05, 0.1) is 6.04 Å². The van der Waals surface area contributed by atoms with Crippen LogP contribution in [0.5, 0.6) is 11.5 Å². The number of rotatable bonds is 10. The molecule has 0 aliphatic heterocycles. The SMILES string of the molecule is CC(CC(C)(C)Oc1ccccc1)N=NC(C)(Cl)CC(C)(C)Oc1ccccc1. The highest BCUT2D eigenvalue weighted by atomic mass is 35.5. The van der Waals surface area contributed by atoms with E-state index in [9.17, 15) is 0 Å². The summed E-state index contributed by atoms with van der Waals surface area (Å²) in [5.74, 6) is 1.67. The molecular formula is C24H33ClN2O2. The normalized spacial score (nSPS) is 15.7. The van der Waals surface area contributed by atoms with Crippen molar-refractivity contribution in [3.63, 3.8) is 0 Å². The highest BCUT2D eigenvalue weighted by molar-refractivity contribution is 6.23. The Morgan fingerprint density at radius 3 is 1.72 bits per heavy atom. The quantitative estimate of drug-likeness (QED) is 0.232. The molecule has 0 saturated heterocycles. The number of azo groups is 1. The van der Waals surface area contributed by atoms with E-state index in [1.807, 2.05) is 88.4 Å². The Labute approximate surface area is 180 Å². The van der Waals surface area contributed by atoms with Crippen LogP contribution in [0.4, 0.5) is 0 Å². The number of hydrogen-bond donors (Lipinski definition) is 0. The molecule has 2 atom stereocenters. The fourth-order valence-corrected chi connectivity index (χ4v) is 3.84. The van der Waals surface area contributed by atoms with Gasteiger partial charge in [0.15, 0.2) is 5.00 Å². The third-order valence-electron chi connectivity index (χ3n) is 4.27. The van der Waals surface area contributed by atoms with Gasteiger partial charge in [-0.05, 0) is 65.8 Å². The molecule has 0 heterocycles. The minimum Gasteiger partial charge on any atom is -0.488 e. The second kappa shape index (κ2) is 9.62. The van der Waals surface area contributed by atoms with Crippen molar-refractivity contribution in [2.75, 3.05) is 0 Å². The summed E-state index contributed by atoms with van der Waals surface area (Å²) >= 11 is 6.66. The van der Waals surface area contributed by atoms with Gasteiger partial charge < -0.3 is 9.47 Å². The predicted molar refractivity (Wildman–Crippen MR) is 120 cm³/mol. The van der Waals surface area contributed by atoms with Gasteiger partial charge in [-0.25, -0.2) is 0 Å². The topological polar surface area (TPSA) is 43.2 Å². The van der Waals surface area contributed by atoms with E-state index in [4.69, 9.17) is 21.1 Å². The average Bonchev–Trinajstić information content (AvgIpc) is 2.59. The van der Waals surface area contributed by atoms with Gasteiger partial charge >= 0.3 is 0 Å². The van der Waals surface area contributed by atoms with Crippen LogP contribution in [0.1, 0.15) is 54.4 Å². The van der Waals surface area contributed by atoms with E-state index in [2.05, 4.69) is 24.1 Å². The lowest BCUT2D eigenvalue weighted by Crippen LogP contribution is -2.36. The summed E-state index contributed by atoms with van der Waals surface area (Å²) in [4.78, 5) is -0.850. The first-order valence-corrected chi connectivity index (χ1v) is 10.4. The molecule has 0 saturated carbocycles. The molecule has 0 N–H and O–H groups in total. The number of hydrogen-bond acceptors (Lipinski definition) is 4. The van der Waals surface area contributed by atoms with Crippen molar-refractivity contribution in [3.05, 3.63) is 60.7 Å². The Balaban J connectivity index is 1.92. The molecule has 29 heavy (non-hydrogen) atoms. The Kier molecular flexibility index (Phi) is 7.70. The summed E-state index contributed by atoms with van der Waals surface area (Å²) in [6, 6.07) is 19.5. The lowest BCUT2D eigenvalue weighted by Gasteiger charge is -2.31. The average molecular weight is 417 g/mol. The first-order valence-electron chi connectivity index (χ1n) is 10.1. The summed E-state index contributed by atoms with van der Waals surface area (Å²) in [5.41, 5.74) is -0.839. The lowest BCUT2D eigenvalue weighted by molar-refractivity contribution is 0.0844. The van der Waals surface area contributed by atoms with E-state index in [0.717, 1.165) is 17.9 Å². The maximum absolute atomic E-state index is 6.66. The van der Waals surface area contributed by atoms with Gasteiger partial charge in [0.25, 0.3) is 0 Å². The van der Waals surface area contributed by atoms with E-state index in [1.165, 1.54) is 0 Å². The van der Waals surface area contributed by atoms with Gasteiger partial charge in [0, 0.05) is 12.8 Å². The summed E-state index contributed by atoms with van der Waals surface area (Å²) in [7, 11) is 0. The molecular weight excluding hydrogens is 384 g/mol. The Hall–Kier alpha value is -2.07. The van der Waals surface area contributed by atoms with Crippen molar-refractivity contribution >= 4 is 11.6 Å². The second-order valence-electron chi connectivity index (χ2n) is 8.94. The van der Waals surface area contributed by atoms with Gasteiger partial charge in [0.2, 0.25) is 0 Å². The first-order chi connectivity index (χ1) is 13.5. The van der Waals surface area contributed by atoms with E-state index >= 15 is 0 Å². The highest BCUT2D eigenvalue weighted by Crippen LogP contribution is 2.32. The zero-order valence-corrected chi connectivity index (χ0v) is 19.1. The van der Waals surface area contributed by atoms with Crippen molar-refractivity contribution in [2.24, 2.45) is 10.2 Å². The third-order valence-corrected chi connectivity index (χ3v) is 4.48. The van der Waals surface area contributed by atoms with Crippen LogP contribution in [0.25, 0.3) is 0 Å². The summed E-state index contributed by atoms with van der Waals surface area (Å²) < 4.78 is 12.2. The van der Waals surface area contributed by atoms with Crippen molar-refractivity contribution < 1.29 is 9.47 Å². The standard InChI is InChI=1S/C24H33ClN2O2/c1-19(17-22(2,3)28-20-13-9-7-10-14-20)26-27-24(6,25)18-23(4,5)29-21-15-11-8-12-16-21/h7-16,19H,17-18H2,1-6H3. The molecule has 0 spiro atoms. The van der Waals surface area contributed by atoms with E-state index in [1.54, 1.807) is 0 Å². The molecule has 2 aromatic rings. The van der Waals surface area contributed by atoms with Crippen LogP contribution in [0.15, 0.2) is 70.9 Å². The monoisotopic (exact) mass is 416 g/mol. The van der Waals surface area contributed by atoms with Crippen LogP contribution in [0.2, 0.25) is 0 Å². The van der Waals surface area contributed by atoms with Crippen LogP contribution >= 0.6 is 11.6 Å². The van der Waals surface area contributed by atoms with E-state index in [0.29, 0.717) is 6.42 Å². The smallest absolute Gasteiger partial charge is 0.155 e. The van der Waals surface area contributed by atoms with Crippen LogP contribution in [0.3, 0.4) is 0 Å². The minimum absolute atomic E-state index is 0.0232. The number of ether oxygens (including phenoxy) is 2. The molecule has 4 nitrogen and oxygen atoms in total. The molecule has 2 rings (SSSR count). The largest absolute Gasteiger partial charge is 0.488 e. The summed E-state index contributed by atoms with van der Waals surface area (Å²) in [6.07, 6.45) is 1.25. The molecule has 0 aromatic heterocycles. The molecule has 5 heteroatoms. The predicted octanol–water partition coefficient (Wildman–Crippen LogP) is 7.28. The van der Waals surface area contributed by atoms with Crippen LogP contribution in [-0.2, 0) is 0 Å². The van der Waals surface area contributed by atoms with E-state index < -0.39 is 10.6 Å². The molecule has 0 radical (unpaired) electrons. The summed E-state index contributed by atoms with van der Waals surface area (Å²) in [5, 5.41) is 8.90. The van der Waals surface area contributed by atoms with Crippen molar-refractivity contribution in [3.8, 4) is 11.5 Å². The zero-order valence-electron chi connectivity index (χ0n) is 18.4. The van der Waals surface area contributed by atoms with Gasteiger partial charge in [0.1, 0.15) is 22.7 Å². The van der Waals surface area contributed by atoms with Crippen LogP contribution < -0.4 is 9.47 Å². The van der Waals surface area contributed by atoms with Gasteiger partial charge in [-0.3, -0.25) is 0 Å². The molecule has 2 aromatic carbocycles. The first kappa shape index (κ1) is 23.2. The Bertz CT molecular complexity index is 774. The van der Waals surface area contributed by atoms with Crippen molar-refractivity contribution in [1.29, 1.82) is 0 Å². The van der Waals surface area contributed by atoms with Gasteiger partial charge in [-0.15, -0.1) is 0 Å². The number of alkyl halides is 1. The van der Waals surface area contributed by atoms with Crippen molar-refractivity contribution in [1.82, 2.24) is 0 Å². The fourth-order valence-electron chi connectivity index (χ4n) is 3.48. The second-order valence-corrected chi connectivity index (χ2v) is 9.75. The van der Waals surface area contributed by atoms with Gasteiger partial charge in [-0.2, -0.15) is 10.2 Å². The van der Waals surface area contributed by atoms with Crippen LogP contribution in [-0.4, -0.2) is 22.2 Å². The maximum atomic E-state index is 6.66. The molecule has 0 fully saturated rings. The molecule has 158 valence electrons. The maximum Gasteiger partial charge on any atom is 0.155 e. The Morgan fingerprint density at radius 2 is 1.24 bits per heavy atom. The number of nitrogens with zero attached hydrogens (tertiary/aromatic N) is 2. The van der Waals surface area contributed by atoms with Crippen molar-refractivity contribution in [2.45, 2.75) is 76.6 Å². The molecule has 0 aliphatic carbocycles. The molecule has 2 unspecified atom stereocenters. The molecule has 0 aliphatic rings. The Morgan fingerprint density at radius 1 is 0.793 bits per heavy atom. The fraction of sp³-hybridized carbons (Fsp3) is 0.500. The lowest BCUT2D eigenvalue weighted by atomic mass is 9.99. The van der Waals surface area contributed by atoms with E-state index in [-0.39, 0.29) is 11.6 Å². The highest BCUT2D eigenvalue weighted by Gasteiger charge is 2.33. The minimum atomic E-state index is -0.850. The number of halogens is 1. The summed E-state index contributed by atoms with van der Waals surface area (Å²) in [6.45, 7) is 12.0. The molecule has 0 bridgehead atoms. The van der Waals surface area contributed by atoms with Gasteiger partial charge in [-0.1, -0.05) is 48.0 Å².